The summed E-state index contributed by atoms with van der Waals surface area (Å²) in [6, 6.07) is 62.6. The van der Waals surface area contributed by atoms with Gasteiger partial charge in [-0.05, 0) is 180 Å². The highest BCUT2D eigenvalue weighted by Gasteiger charge is 2.34. The van der Waals surface area contributed by atoms with E-state index in [4.69, 9.17) is 0 Å². The maximum atomic E-state index is 3.85. The highest BCUT2D eigenvalue weighted by molar-refractivity contribution is 9.10. The molecule has 0 heterocycles. The molecular weight excluding hydrogens is 868 g/mol. The van der Waals surface area contributed by atoms with E-state index in [1.165, 1.54) is 138 Å². The van der Waals surface area contributed by atoms with Crippen molar-refractivity contribution in [1.82, 2.24) is 0 Å². The third kappa shape index (κ3) is 5.69. The fourth-order valence-corrected chi connectivity index (χ4v) is 11.8. The molecule has 290 valence electrons. The lowest BCUT2D eigenvalue weighted by Gasteiger charge is -2.23. The fraction of sp³-hybridized carbons (Fsp3) is 0.0847. The van der Waals surface area contributed by atoms with Crippen LogP contribution >= 0.6 is 31.9 Å². The van der Waals surface area contributed by atoms with E-state index in [2.05, 4.69) is 223 Å². The van der Waals surface area contributed by atoms with Crippen LogP contribution in [0.5, 0.6) is 0 Å². The van der Waals surface area contributed by atoms with E-state index in [0.717, 1.165) is 8.95 Å². The number of hydrogen-bond acceptors (Lipinski definition) is 0. The molecule has 0 bridgehead atoms. The van der Waals surface area contributed by atoms with Crippen LogP contribution in [0, 0.1) is 27.7 Å². The van der Waals surface area contributed by atoms with E-state index in [-0.39, 0.29) is 5.92 Å². The van der Waals surface area contributed by atoms with E-state index >= 15 is 0 Å². The molecule has 0 amide bonds. The average Bonchev–Trinajstić information content (AvgIpc) is 3.74. The Kier molecular flexibility index (Phi) is 8.27. The summed E-state index contributed by atoms with van der Waals surface area (Å²) in [5.41, 5.74) is 24.6. The van der Waals surface area contributed by atoms with Crippen molar-refractivity contribution < 1.29 is 0 Å². The van der Waals surface area contributed by atoms with Crippen molar-refractivity contribution in [3.8, 4) is 66.8 Å². The van der Waals surface area contributed by atoms with Gasteiger partial charge >= 0.3 is 0 Å². The molecule has 0 unspecified atom stereocenters. The van der Waals surface area contributed by atoms with E-state index in [1.807, 2.05) is 0 Å². The molecule has 0 saturated carbocycles. The minimum Gasteiger partial charge on any atom is -0.0616 e. The zero-order valence-corrected chi connectivity index (χ0v) is 37.6. The lowest BCUT2D eigenvalue weighted by atomic mass is 9.79. The van der Waals surface area contributed by atoms with Crippen molar-refractivity contribution in [2.45, 2.75) is 33.6 Å². The van der Waals surface area contributed by atoms with Crippen LogP contribution in [0.2, 0.25) is 0 Å². The second-order valence-corrected chi connectivity index (χ2v) is 19.2. The third-order valence-electron chi connectivity index (χ3n) is 13.3. The lowest BCUT2D eigenvalue weighted by Crippen LogP contribution is -2.01. The number of halogens is 2. The van der Waals surface area contributed by atoms with Crippen LogP contribution in [0.25, 0.3) is 99.1 Å². The van der Waals surface area contributed by atoms with Gasteiger partial charge in [-0.25, -0.2) is 0 Å². The summed E-state index contributed by atoms with van der Waals surface area (Å²) in [7, 11) is 0. The fourth-order valence-electron chi connectivity index (χ4n) is 11.1. The Hall–Kier alpha value is -6.06. The second kappa shape index (κ2) is 13.7. The third-order valence-corrected chi connectivity index (χ3v) is 14.3. The molecule has 0 atom stereocenters. The highest BCUT2D eigenvalue weighted by Crippen LogP contribution is 2.60. The SMILES string of the molecule is Cc1cc(C)cc(-c2c3c(c(-c4cc(C)cc(C)c4)c4cc(C5c6cc(Br)ccc6-c6ccc(Br)cc65)ccc24)-c2ccc(-c4ccc5ccccc5c4)c4cccc-3c24)c1. The molecular formula is C59H40Br2. The normalized spacial score (nSPS) is 12.7. The van der Waals surface area contributed by atoms with Gasteiger partial charge in [-0.15, -0.1) is 0 Å². The molecule has 2 aliphatic carbocycles. The Bertz CT molecular complexity index is 3460. The molecule has 10 aromatic rings. The van der Waals surface area contributed by atoms with E-state index in [1.54, 1.807) is 0 Å². The predicted molar refractivity (Wildman–Crippen MR) is 267 cm³/mol. The van der Waals surface area contributed by atoms with E-state index in [9.17, 15) is 0 Å². The Balaban J connectivity index is 1.22. The maximum Gasteiger partial charge on any atom is 0.0353 e. The molecule has 0 spiro atoms. The lowest BCUT2D eigenvalue weighted by molar-refractivity contribution is 1.02. The molecule has 0 fully saturated rings. The van der Waals surface area contributed by atoms with Gasteiger partial charge in [0.25, 0.3) is 0 Å². The first-order valence-corrected chi connectivity index (χ1v) is 22.7. The van der Waals surface area contributed by atoms with Gasteiger partial charge in [-0.3, -0.25) is 0 Å². The summed E-state index contributed by atoms with van der Waals surface area (Å²) in [6.45, 7) is 8.94. The number of benzene rings is 10. The summed E-state index contributed by atoms with van der Waals surface area (Å²) >= 11 is 7.70. The molecule has 2 aliphatic rings. The zero-order chi connectivity index (χ0) is 41.3. The van der Waals surface area contributed by atoms with Gasteiger partial charge in [0.1, 0.15) is 0 Å². The smallest absolute Gasteiger partial charge is 0.0353 e. The minimum absolute atomic E-state index is 0.0829. The zero-order valence-electron chi connectivity index (χ0n) is 34.4. The van der Waals surface area contributed by atoms with Gasteiger partial charge < -0.3 is 0 Å². The van der Waals surface area contributed by atoms with Crippen LogP contribution in [-0.4, -0.2) is 0 Å². The monoisotopic (exact) mass is 906 g/mol. The summed E-state index contributed by atoms with van der Waals surface area (Å²) in [5.74, 6) is 0.0829. The Morgan fingerprint density at radius 1 is 0.344 bits per heavy atom. The summed E-state index contributed by atoms with van der Waals surface area (Å²) in [5, 5.41) is 7.72. The summed E-state index contributed by atoms with van der Waals surface area (Å²) in [6.07, 6.45) is 0. The maximum absolute atomic E-state index is 3.85. The summed E-state index contributed by atoms with van der Waals surface area (Å²) < 4.78 is 2.20. The van der Waals surface area contributed by atoms with Gasteiger partial charge in [-0.2, -0.15) is 0 Å². The topological polar surface area (TPSA) is 0 Å². The molecule has 10 aromatic carbocycles. The molecule has 2 heteroatoms. The first-order chi connectivity index (χ1) is 29.7. The van der Waals surface area contributed by atoms with Crippen molar-refractivity contribution in [2.75, 3.05) is 0 Å². The standard InChI is InChI=1S/C59H40Br2/c1-32-22-33(2)25-40(24-32)55-48-17-14-39(54-52-30-42(60)15-18-45(52)46-19-16-43(61)31-53(46)54)29-51(48)56(41-26-34(3)23-35(4)27-41)59-50-21-20-44(47-10-7-11-49(57(47)50)58(55)59)38-13-12-36-8-5-6-9-37(36)28-38/h5-31,54H,1-4H3. The van der Waals surface area contributed by atoms with Gasteiger partial charge in [0, 0.05) is 14.9 Å². The summed E-state index contributed by atoms with van der Waals surface area (Å²) in [4.78, 5) is 0. The molecule has 0 N–H and O–H groups in total. The van der Waals surface area contributed by atoms with Crippen LogP contribution in [0.15, 0.2) is 173 Å². The molecule has 12 rings (SSSR count). The van der Waals surface area contributed by atoms with Crippen molar-refractivity contribution in [3.05, 3.63) is 212 Å². The minimum atomic E-state index is 0.0829. The molecule has 0 aliphatic heterocycles. The first-order valence-electron chi connectivity index (χ1n) is 21.1. The van der Waals surface area contributed by atoms with Crippen LogP contribution in [-0.2, 0) is 0 Å². The number of hydrogen-bond donors (Lipinski definition) is 0. The average molecular weight is 909 g/mol. The number of aryl methyl sites for hydroxylation is 4. The van der Waals surface area contributed by atoms with Crippen LogP contribution in [0.3, 0.4) is 0 Å². The Labute approximate surface area is 373 Å². The quantitative estimate of drug-likeness (QED) is 0.165. The molecule has 61 heavy (non-hydrogen) atoms. The Morgan fingerprint density at radius 2 is 0.902 bits per heavy atom. The van der Waals surface area contributed by atoms with Crippen molar-refractivity contribution >= 4 is 64.2 Å². The largest absolute Gasteiger partial charge is 0.0616 e. The molecule has 0 radical (unpaired) electrons. The van der Waals surface area contributed by atoms with Crippen LogP contribution in [0.4, 0.5) is 0 Å². The highest BCUT2D eigenvalue weighted by atomic mass is 79.9. The number of rotatable bonds is 4. The van der Waals surface area contributed by atoms with Gasteiger partial charge in [0.05, 0.1) is 0 Å². The van der Waals surface area contributed by atoms with Crippen molar-refractivity contribution in [1.29, 1.82) is 0 Å². The van der Waals surface area contributed by atoms with Gasteiger partial charge in [0.2, 0.25) is 0 Å². The molecule has 0 nitrogen and oxygen atoms in total. The van der Waals surface area contributed by atoms with Gasteiger partial charge in [-0.1, -0.05) is 182 Å². The molecule has 0 saturated heterocycles. The predicted octanol–water partition coefficient (Wildman–Crippen LogP) is 17.7. The van der Waals surface area contributed by atoms with E-state index in [0.29, 0.717) is 0 Å². The van der Waals surface area contributed by atoms with Crippen molar-refractivity contribution in [2.24, 2.45) is 0 Å². The second-order valence-electron chi connectivity index (χ2n) is 17.4. The van der Waals surface area contributed by atoms with Crippen molar-refractivity contribution in [3.63, 3.8) is 0 Å². The number of fused-ring (bicyclic) bond motifs is 8. The first kappa shape index (κ1) is 36.8. The van der Waals surface area contributed by atoms with Gasteiger partial charge in [0.15, 0.2) is 0 Å². The molecule has 0 aromatic heterocycles. The Morgan fingerprint density at radius 3 is 1.54 bits per heavy atom. The van der Waals surface area contributed by atoms with Crippen LogP contribution < -0.4 is 0 Å². The van der Waals surface area contributed by atoms with Crippen LogP contribution in [0.1, 0.15) is 44.9 Å². The van der Waals surface area contributed by atoms with E-state index < -0.39 is 0 Å².